The van der Waals surface area contributed by atoms with Crippen LogP contribution in [0.4, 0.5) is 5.82 Å². The average Bonchev–Trinajstić information content (AvgIpc) is 2.33. The number of carbonyl (C=O) groups is 1. The van der Waals surface area contributed by atoms with Crippen molar-refractivity contribution in [2.24, 2.45) is 0 Å². The molecular weight excluding hydrogens is 214 g/mol. The third-order valence-electron chi connectivity index (χ3n) is 4.08. The Morgan fingerprint density at radius 2 is 2.18 bits per heavy atom. The van der Waals surface area contributed by atoms with E-state index in [0.717, 1.165) is 31.7 Å². The molecular formula is C13H17N3O. The molecule has 1 aromatic heterocycles. The Morgan fingerprint density at radius 3 is 2.94 bits per heavy atom. The van der Waals surface area contributed by atoms with Gasteiger partial charge < -0.3 is 10.2 Å². The number of nitrogens with zero attached hydrogens (tertiary/aromatic N) is 2. The molecule has 0 aliphatic carbocycles. The molecule has 4 nitrogen and oxygen atoms in total. The minimum absolute atomic E-state index is 0.0262. The molecule has 1 aromatic rings. The van der Waals surface area contributed by atoms with Gasteiger partial charge in [-0.15, -0.1) is 0 Å². The van der Waals surface area contributed by atoms with E-state index in [4.69, 9.17) is 0 Å². The minimum atomic E-state index is 0.0262. The van der Waals surface area contributed by atoms with Crippen molar-refractivity contribution >= 4 is 11.7 Å². The fourth-order valence-corrected chi connectivity index (χ4v) is 3.00. The first-order valence-electron chi connectivity index (χ1n) is 6.14. The first kappa shape index (κ1) is 10.7. The molecule has 17 heavy (non-hydrogen) atoms. The largest absolute Gasteiger partial charge is 0.310 e. The zero-order chi connectivity index (χ0) is 11.9. The number of nitrogens with one attached hydrogen (secondary N) is 1. The molecule has 0 radical (unpaired) electrons. The first-order valence-corrected chi connectivity index (χ1v) is 6.14. The molecule has 3 rings (SSSR count). The van der Waals surface area contributed by atoms with Crippen LogP contribution in [0.3, 0.4) is 0 Å². The Labute approximate surface area is 101 Å². The highest BCUT2D eigenvalue weighted by Gasteiger charge is 2.42. The van der Waals surface area contributed by atoms with Gasteiger partial charge >= 0.3 is 0 Å². The molecule has 0 bridgehead atoms. The summed E-state index contributed by atoms with van der Waals surface area (Å²) in [6.45, 7) is 2.11. The quantitative estimate of drug-likeness (QED) is 0.734. The number of piperidine rings is 1. The summed E-state index contributed by atoms with van der Waals surface area (Å²) >= 11 is 0. The molecule has 1 fully saturated rings. The van der Waals surface area contributed by atoms with Crippen LogP contribution in [0.1, 0.15) is 24.8 Å². The van der Waals surface area contributed by atoms with Crippen molar-refractivity contribution in [3.63, 3.8) is 0 Å². The summed E-state index contributed by atoms with van der Waals surface area (Å²) in [6.07, 6.45) is 4.46. The van der Waals surface area contributed by atoms with Gasteiger partial charge in [0.2, 0.25) is 5.91 Å². The number of rotatable bonds is 0. The van der Waals surface area contributed by atoms with E-state index >= 15 is 0 Å². The topological polar surface area (TPSA) is 45.2 Å². The lowest BCUT2D eigenvalue weighted by atomic mass is 9.69. The highest BCUT2D eigenvalue weighted by molar-refractivity contribution is 5.94. The number of carbonyl (C=O) groups excluding carboxylic acids is 1. The normalized spacial score (nSPS) is 23.2. The molecule has 1 saturated heterocycles. The number of likely N-dealkylation sites (tertiary alicyclic amines) is 1. The van der Waals surface area contributed by atoms with Crippen molar-refractivity contribution in [3.05, 3.63) is 23.9 Å². The van der Waals surface area contributed by atoms with Crippen LogP contribution in [0.5, 0.6) is 0 Å². The van der Waals surface area contributed by atoms with E-state index in [0.29, 0.717) is 6.42 Å². The van der Waals surface area contributed by atoms with Gasteiger partial charge in [-0.1, -0.05) is 6.07 Å². The Kier molecular flexibility index (Phi) is 2.40. The maximum absolute atomic E-state index is 11.8. The van der Waals surface area contributed by atoms with E-state index in [1.807, 2.05) is 6.07 Å². The molecule has 1 spiro atoms. The Balaban J connectivity index is 2.02. The van der Waals surface area contributed by atoms with Gasteiger partial charge in [0, 0.05) is 23.6 Å². The van der Waals surface area contributed by atoms with E-state index in [1.165, 1.54) is 5.56 Å². The van der Waals surface area contributed by atoms with Crippen molar-refractivity contribution in [3.8, 4) is 0 Å². The molecule has 1 N–H and O–H groups in total. The highest BCUT2D eigenvalue weighted by atomic mass is 16.1. The number of fused-ring (bicyclic) bond motifs is 2. The fraction of sp³-hybridized carbons (Fsp3) is 0.538. The van der Waals surface area contributed by atoms with Crippen molar-refractivity contribution in [1.82, 2.24) is 9.88 Å². The van der Waals surface area contributed by atoms with Crippen molar-refractivity contribution < 1.29 is 4.79 Å². The van der Waals surface area contributed by atoms with E-state index in [-0.39, 0.29) is 11.3 Å². The predicted octanol–water partition coefficient (Wildman–Crippen LogP) is 1.39. The summed E-state index contributed by atoms with van der Waals surface area (Å²) in [5.41, 5.74) is 1.26. The van der Waals surface area contributed by atoms with Crippen LogP contribution < -0.4 is 5.32 Å². The lowest BCUT2D eigenvalue weighted by molar-refractivity contribution is -0.118. The number of hydrogen-bond acceptors (Lipinski definition) is 3. The molecule has 2 aliphatic rings. The van der Waals surface area contributed by atoms with Crippen LogP contribution in [-0.2, 0) is 10.2 Å². The van der Waals surface area contributed by atoms with Gasteiger partial charge in [-0.05, 0) is 39.0 Å². The van der Waals surface area contributed by atoms with Crippen LogP contribution in [0.25, 0.3) is 0 Å². The standard InChI is InChI=1S/C13H17N3O/c1-16-7-4-13(5-8-16)9-11(17)15-12-10(13)3-2-6-14-12/h2-3,6H,4-5,7-9H2,1H3,(H,14,15,17). The molecule has 0 unspecified atom stereocenters. The second-order valence-electron chi connectivity index (χ2n) is 5.21. The third-order valence-corrected chi connectivity index (χ3v) is 4.08. The summed E-state index contributed by atoms with van der Waals surface area (Å²) < 4.78 is 0. The van der Waals surface area contributed by atoms with Crippen molar-refractivity contribution in [1.29, 1.82) is 0 Å². The highest BCUT2D eigenvalue weighted by Crippen LogP contribution is 2.43. The van der Waals surface area contributed by atoms with Gasteiger partial charge in [-0.2, -0.15) is 0 Å². The second kappa shape index (κ2) is 3.81. The summed E-state index contributed by atoms with van der Waals surface area (Å²) in [6, 6.07) is 4.09. The maximum Gasteiger partial charge on any atom is 0.226 e. The summed E-state index contributed by atoms with van der Waals surface area (Å²) in [4.78, 5) is 18.4. The minimum Gasteiger partial charge on any atom is -0.310 e. The molecule has 2 aliphatic heterocycles. The fourth-order valence-electron chi connectivity index (χ4n) is 3.00. The summed E-state index contributed by atoms with van der Waals surface area (Å²) in [7, 11) is 2.14. The number of amides is 1. The zero-order valence-corrected chi connectivity index (χ0v) is 10.1. The van der Waals surface area contributed by atoms with Crippen molar-refractivity contribution in [2.45, 2.75) is 24.7 Å². The lowest BCUT2D eigenvalue weighted by Crippen LogP contribution is -2.45. The summed E-state index contributed by atoms with van der Waals surface area (Å²) in [5, 5.41) is 2.88. The maximum atomic E-state index is 11.8. The zero-order valence-electron chi connectivity index (χ0n) is 10.1. The number of pyridine rings is 1. The van der Waals surface area contributed by atoms with Crippen LogP contribution >= 0.6 is 0 Å². The molecule has 0 aromatic carbocycles. The van der Waals surface area contributed by atoms with Crippen LogP contribution in [-0.4, -0.2) is 35.9 Å². The van der Waals surface area contributed by atoms with Crippen LogP contribution in [0, 0.1) is 0 Å². The van der Waals surface area contributed by atoms with Crippen molar-refractivity contribution in [2.75, 3.05) is 25.5 Å². The van der Waals surface area contributed by atoms with E-state index in [1.54, 1.807) is 6.20 Å². The third kappa shape index (κ3) is 1.72. The SMILES string of the molecule is CN1CCC2(CC1)CC(=O)Nc1ncccc12. The Morgan fingerprint density at radius 1 is 1.41 bits per heavy atom. The lowest BCUT2D eigenvalue weighted by Gasteiger charge is -2.43. The molecule has 90 valence electrons. The van der Waals surface area contributed by atoms with Gasteiger partial charge in [-0.3, -0.25) is 4.79 Å². The summed E-state index contributed by atoms with van der Waals surface area (Å²) in [5.74, 6) is 0.883. The van der Waals surface area contributed by atoms with Gasteiger partial charge in [0.25, 0.3) is 0 Å². The molecule has 3 heterocycles. The Bertz CT molecular complexity index is 450. The molecule has 0 saturated carbocycles. The number of anilines is 1. The van der Waals surface area contributed by atoms with E-state index < -0.39 is 0 Å². The average molecular weight is 231 g/mol. The number of aromatic nitrogens is 1. The van der Waals surface area contributed by atoms with E-state index in [2.05, 4.69) is 28.3 Å². The van der Waals surface area contributed by atoms with Crippen LogP contribution in [0.15, 0.2) is 18.3 Å². The smallest absolute Gasteiger partial charge is 0.226 e. The number of hydrogen-bond donors (Lipinski definition) is 1. The van der Waals surface area contributed by atoms with E-state index in [9.17, 15) is 4.79 Å². The van der Waals surface area contributed by atoms with Gasteiger partial charge in [0.15, 0.2) is 0 Å². The van der Waals surface area contributed by atoms with Gasteiger partial charge in [0.1, 0.15) is 5.82 Å². The molecule has 4 heteroatoms. The monoisotopic (exact) mass is 231 g/mol. The molecule has 1 amide bonds. The second-order valence-corrected chi connectivity index (χ2v) is 5.21. The van der Waals surface area contributed by atoms with Gasteiger partial charge in [0.05, 0.1) is 0 Å². The predicted molar refractivity (Wildman–Crippen MR) is 65.9 cm³/mol. The van der Waals surface area contributed by atoms with Crippen LogP contribution in [0.2, 0.25) is 0 Å². The van der Waals surface area contributed by atoms with Gasteiger partial charge in [-0.25, -0.2) is 4.98 Å². The molecule has 0 atom stereocenters. The Hall–Kier alpha value is -1.42. The first-order chi connectivity index (χ1) is 8.20.